The third-order valence-corrected chi connectivity index (χ3v) is 6.55. The highest BCUT2D eigenvalue weighted by atomic mass is 16.6. The van der Waals surface area contributed by atoms with Crippen LogP contribution in [0, 0.1) is 10.1 Å². The molecule has 1 unspecified atom stereocenters. The second kappa shape index (κ2) is 11.2. The molecule has 9 nitrogen and oxygen atoms in total. The monoisotopic (exact) mass is 491 g/mol. The first-order valence-corrected chi connectivity index (χ1v) is 12.2. The van der Waals surface area contributed by atoms with Gasteiger partial charge in [-0.25, -0.2) is 4.90 Å². The van der Waals surface area contributed by atoms with Crippen molar-refractivity contribution in [2.45, 2.75) is 51.5 Å². The van der Waals surface area contributed by atoms with Crippen LogP contribution in [0.5, 0.6) is 5.75 Å². The summed E-state index contributed by atoms with van der Waals surface area (Å²) in [5.74, 6) is -0.641. The number of amides is 3. The largest absolute Gasteiger partial charge is 0.494 e. The molecule has 2 aromatic carbocycles. The highest BCUT2D eigenvalue weighted by Crippen LogP contribution is 2.29. The summed E-state index contributed by atoms with van der Waals surface area (Å²) in [5, 5.41) is 11.0. The standard InChI is InChI=1S/C27H29N3O6/c1-2-36-23-14-12-21(13-15-23)29-25(31)18-24(27(29)33)28(17-16-19-6-4-3-5-7-19)26(32)20-8-10-22(11-9-20)30(34)35/h6,8-15,24H,2-5,7,16-18H2,1H3. The first-order valence-electron chi connectivity index (χ1n) is 12.2. The summed E-state index contributed by atoms with van der Waals surface area (Å²) in [5.41, 5.74) is 1.77. The second-order valence-electron chi connectivity index (χ2n) is 8.87. The van der Waals surface area contributed by atoms with Crippen molar-refractivity contribution in [3.63, 3.8) is 0 Å². The molecule has 36 heavy (non-hydrogen) atoms. The van der Waals surface area contributed by atoms with Crippen molar-refractivity contribution in [2.24, 2.45) is 0 Å². The van der Waals surface area contributed by atoms with Crippen LogP contribution >= 0.6 is 0 Å². The van der Waals surface area contributed by atoms with Crippen molar-refractivity contribution in [3.8, 4) is 5.75 Å². The van der Waals surface area contributed by atoms with Crippen LogP contribution < -0.4 is 9.64 Å². The number of hydrogen-bond donors (Lipinski definition) is 0. The summed E-state index contributed by atoms with van der Waals surface area (Å²) in [6.07, 6.45) is 6.86. The van der Waals surface area contributed by atoms with E-state index in [0.29, 0.717) is 24.5 Å². The fraction of sp³-hybridized carbons (Fsp3) is 0.370. The van der Waals surface area contributed by atoms with Gasteiger partial charge in [0.15, 0.2) is 0 Å². The van der Waals surface area contributed by atoms with Crippen molar-refractivity contribution in [3.05, 3.63) is 75.9 Å². The number of ether oxygens (including phenoxy) is 1. The molecule has 1 aliphatic carbocycles. The lowest BCUT2D eigenvalue weighted by Crippen LogP contribution is -2.46. The zero-order valence-corrected chi connectivity index (χ0v) is 20.2. The molecule has 1 saturated heterocycles. The molecule has 1 aliphatic heterocycles. The van der Waals surface area contributed by atoms with Gasteiger partial charge in [-0.15, -0.1) is 0 Å². The van der Waals surface area contributed by atoms with Gasteiger partial charge in [0.1, 0.15) is 11.8 Å². The van der Waals surface area contributed by atoms with Gasteiger partial charge < -0.3 is 9.64 Å². The van der Waals surface area contributed by atoms with Crippen LogP contribution in [0.4, 0.5) is 11.4 Å². The number of nitro benzene ring substituents is 1. The molecule has 0 saturated carbocycles. The SMILES string of the molecule is CCOc1ccc(N2C(=O)CC(N(CCC3=CCCCC3)C(=O)c3ccc([N+](=O)[O-])cc3)C2=O)cc1. The fourth-order valence-electron chi connectivity index (χ4n) is 4.68. The molecule has 1 atom stereocenters. The minimum Gasteiger partial charge on any atom is -0.494 e. The number of non-ortho nitro benzene ring substituents is 1. The Morgan fingerprint density at radius 3 is 2.44 bits per heavy atom. The number of imide groups is 1. The van der Waals surface area contributed by atoms with E-state index in [1.807, 2.05) is 6.92 Å². The lowest BCUT2D eigenvalue weighted by Gasteiger charge is -2.28. The molecule has 9 heteroatoms. The molecule has 188 valence electrons. The number of rotatable bonds is 9. The normalized spacial score (nSPS) is 17.6. The molecule has 0 N–H and O–H groups in total. The quantitative estimate of drug-likeness (QED) is 0.218. The van der Waals surface area contributed by atoms with Gasteiger partial charge in [0.25, 0.3) is 17.5 Å². The van der Waals surface area contributed by atoms with Crippen LogP contribution in [0.3, 0.4) is 0 Å². The molecule has 3 amide bonds. The van der Waals surface area contributed by atoms with E-state index in [-0.39, 0.29) is 30.1 Å². The van der Waals surface area contributed by atoms with Crippen LogP contribution in [0.25, 0.3) is 0 Å². The Kier molecular flexibility index (Phi) is 7.77. The van der Waals surface area contributed by atoms with Crippen molar-refractivity contribution in [2.75, 3.05) is 18.1 Å². The van der Waals surface area contributed by atoms with Crippen LogP contribution in [0.2, 0.25) is 0 Å². The lowest BCUT2D eigenvalue weighted by molar-refractivity contribution is -0.384. The maximum absolute atomic E-state index is 13.5. The maximum atomic E-state index is 13.5. The molecule has 2 aromatic rings. The predicted molar refractivity (Wildman–Crippen MR) is 134 cm³/mol. The minimum absolute atomic E-state index is 0.121. The topological polar surface area (TPSA) is 110 Å². The number of hydrogen-bond acceptors (Lipinski definition) is 6. The van der Waals surface area contributed by atoms with E-state index >= 15 is 0 Å². The third-order valence-electron chi connectivity index (χ3n) is 6.55. The predicted octanol–water partition coefficient (Wildman–Crippen LogP) is 4.66. The lowest BCUT2D eigenvalue weighted by atomic mass is 9.96. The average molecular weight is 492 g/mol. The molecule has 2 aliphatic rings. The van der Waals surface area contributed by atoms with E-state index in [4.69, 9.17) is 4.74 Å². The molecule has 0 spiro atoms. The van der Waals surface area contributed by atoms with Crippen LogP contribution in [0.15, 0.2) is 60.2 Å². The van der Waals surface area contributed by atoms with Gasteiger partial charge in [-0.2, -0.15) is 0 Å². The van der Waals surface area contributed by atoms with E-state index < -0.39 is 22.8 Å². The van der Waals surface area contributed by atoms with E-state index in [0.717, 1.165) is 30.6 Å². The Bertz CT molecular complexity index is 1170. The molecular formula is C27H29N3O6. The Morgan fingerprint density at radius 1 is 1.11 bits per heavy atom. The number of carbonyl (C=O) groups excluding carboxylic acids is 3. The van der Waals surface area contributed by atoms with Gasteiger partial charge >= 0.3 is 0 Å². The Hall–Kier alpha value is -4.01. The van der Waals surface area contributed by atoms with Crippen molar-refractivity contribution >= 4 is 29.1 Å². The van der Waals surface area contributed by atoms with Crippen molar-refractivity contribution in [1.82, 2.24) is 4.90 Å². The van der Waals surface area contributed by atoms with Crippen LogP contribution in [-0.2, 0) is 9.59 Å². The van der Waals surface area contributed by atoms with E-state index in [1.54, 1.807) is 24.3 Å². The van der Waals surface area contributed by atoms with Gasteiger partial charge in [-0.3, -0.25) is 24.5 Å². The zero-order chi connectivity index (χ0) is 25.7. The zero-order valence-electron chi connectivity index (χ0n) is 20.2. The highest BCUT2D eigenvalue weighted by molar-refractivity contribution is 6.23. The summed E-state index contributed by atoms with van der Waals surface area (Å²) >= 11 is 0. The van der Waals surface area contributed by atoms with E-state index in [1.165, 1.54) is 34.7 Å². The minimum atomic E-state index is -0.948. The van der Waals surface area contributed by atoms with Crippen molar-refractivity contribution in [1.29, 1.82) is 0 Å². The second-order valence-corrected chi connectivity index (χ2v) is 8.87. The summed E-state index contributed by atoms with van der Waals surface area (Å²) < 4.78 is 5.44. The van der Waals surface area contributed by atoms with Gasteiger partial charge in [0, 0.05) is 24.2 Å². The Labute approximate surface area is 209 Å². The Morgan fingerprint density at radius 2 is 1.83 bits per heavy atom. The number of allylic oxidation sites excluding steroid dienone is 1. The number of anilines is 1. The van der Waals surface area contributed by atoms with E-state index in [9.17, 15) is 24.5 Å². The highest BCUT2D eigenvalue weighted by Gasteiger charge is 2.44. The smallest absolute Gasteiger partial charge is 0.269 e. The molecule has 4 rings (SSSR count). The summed E-state index contributed by atoms with van der Waals surface area (Å²) in [6.45, 7) is 2.65. The molecular weight excluding hydrogens is 462 g/mol. The summed E-state index contributed by atoms with van der Waals surface area (Å²) in [6, 6.07) is 11.1. The third kappa shape index (κ3) is 5.45. The molecule has 0 radical (unpaired) electrons. The summed E-state index contributed by atoms with van der Waals surface area (Å²) in [4.78, 5) is 53.0. The van der Waals surface area contributed by atoms with Gasteiger partial charge in [-0.05, 0) is 75.4 Å². The first-order chi connectivity index (χ1) is 17.4. The number of carbonyl (C=O) groups is 3. The van der Waals surface area contributed by atoms with E-state index in [2.05, 4.69) is 6.08 Å². The van der Waals surface area contributed by atoms with Crippen molar-refractivity contribution < 1.29 is 24.0 Å². The molecule has 1 fully saturated rings. The average Bonchev–Trinajstić information content (AvgIpc) is 3.18. The molecule has 1 heterocycles. The Balaban J connectivity index is 1.59. The van der Waals surface area contributed by atoms with Crippen LogP contribution in [0.1, 0.15) is 55.8 Å². The van der Waals surface area contributed by atoms with Gasteiger partial charge in [-0.1, -0.05) is 11.6 Å². The molecule has 0 bridgehead atoms. The number of nitrogens with zero attached hydrogens (tertiary/aromatic N) is 3. The fourth-order valence-corrected chi connectivity index (χ4v) is 4.68. The van der Waals surface area contributed by atoms with Crippen LogP contribution in [-0.4, -0.2) is 46.7 Å². The summed E-state index contributed by atoms with van der Waals surface area (Å²) in [7, 11) is 0. The maximum Gasteiger partial charge on any atom is 0.269 e. The first kappa shape index (κ1) is 25.1. The van der Waals surface area contributed by atoms with Gasteiger partial charge in [0.05, 0.1) is 23.6 Å². The molecule has 0 aromatic heterocycles. The number of benzene rings is 2. The van der Waals surface area contributed by atoms with Gasteiger partial charge in [0.2, 0.25) is 5.91 Å². The number of nitro groups is 1.